The van der Waals surface area contributed by atoms with Crippen LogP contribution < -0.4 is 0 Å². The van der Waals surface area contributed by atoms with Gasteiger partial charge in [-0.2, -0.15) is 0 Å². The largest absolute Gasteiger partial charge is 0.371 e. The summed E-state index contributed by atoms with van der Waals surface area (Å²) in [4.78, 5) is 11.4. The van der Waals surface area contributed by atoms with Gasteiger partial charge in [-0.3, -0.25) is 4.79 Å². The van der Waals surface area contributed by atoms with E-state index < -0.39 is 0 Å². The Hall–Kier alpha value is -0.370. The van der Waals surface area contributed by atoms with E-state index in [9.17, 15) is 4.79 Å². The summed E-state index contributed by atoms with van der Waals surface area (Å²) in [6.45, 7) is 4.04. The summed E-state index contributed by atoms with van der Waals surface area (Å²) in [6, 6.07) is 0. The fourth-order valence-corrected chi connectivity index (χ4v) is 2.15. The lowest BCUT2D eigenvalue weighted by Crippen LogP contribution is -2.40. The van der Waals surface area contributed by atoms with Crippen molar-refractivity contribution in [2.24, 2.45) is 5.92 Å². The zero-order chi connectivity index (χ0) is 8.06. The second-order valence-electron chi connectivity index (χ2n) is 4.08. The number of rotatable bonds is 0. The van der Waals surface area contributed by atoms with E-state index in [0.717, 1.165) is 12.8 Å². The molecule has 2 aliphatic heterocycles. The highest BCUT2D eigenvalue weighted by Gasteiger charge is 2.46. The third kappa shape index (κ3) is 1.00. The molecule has 0 saturated carbocycles. The van der Waals surface area contributed by atoms with Gasteiger partial charge in [0, 0.05) is 12.3 Å². The quantitative estimate of drug-likeness (QED) is 0.529. The smallest absolute Gasteiger partial charge is 0.141 e. The highest BCUT2D eigenvalue weighted by atomic mass is 16.5. The Morgan fingerprint density at radius 3 is 3.09 bits per heavy atom. The zero-order valence-electron chi connectivity index (χ0n) is 7.09. The van der Waals surface area contributed by atoms with Gasteiger partial charge in [0.05, 0.1) is 11.7 Å². The first-order valence-corrected chi connectivity index (χ1v) is 4.31. The van der Waals surface area contributed by atoms with Gasteiger partial charge in [0.2, 0.25) is 0 Å². The van der Waals surface area contributed by atoms with Crippen LogP contribution >= 0.6 is 0 Å². The Morgan fingerprint density at radius 2 is 2.36 bits per heavy atom. The van der Waals surface area contributed by atoms with Crippen LogP contribution in [0.5, 0.6) is 0 Å². The van der Waals surface area contributed by atoms with Crippen molar-refractivity contribution >= 4 is 5.78 Å². The van der Waals surface area contributed by atoms with Gasteiger partial charge in [0.25, 0.3) is 0 Å². The third-order valence-electron chi connectivity index (χ3n) is 3.01. The lowest BCUT2D eigenvalue weighted by atomic mass is 9.91. The molecule has 0 spiro atoms. The summed E-state index contributed by atoms with van der Waals surface area (Å²) in [5.41, 5.74) is -0.103. The molecule has 2 rings (SSSR count). The minimum absolute atomic E-state index is 0.103. The SMILES string of the molecule is CC1C(=O)CC2(C)CCC1O2. The maximum atomic E-state index is 11.4. The molecular formula is C9H14O2. The molecule has 0 amide bonds. The molecule has 0 N–H and O–H groups in total. The number of carbonyl (C=O) groups is 1. The molecule has 0 aromatic heterocycles. The Labute approximate surface area is 66.9 Å². The molecule has 62 valence electrons. The summed E-state index contributed by atoms with van der Waals surface area (Å²) < 4.78 is 5.75. The number of hydrogen-bond donors (Lipinski definition) is 0. The van der Waals surface area contributed by atoms with Gasteiger partial charge >= 0.3 is 0 Å². The van der Waals surface area contributed by atoms with E-state index in [4.69, 9.17) is 4.74 Å². The molecule has 11 heavy (non-hydrogen) atoms. The second kappa shape index (κ2) is 2.07. The van der Waals surface area contributed by atoms with Crippen LogP contribution in [-0.4, -0.2) is 17.5 Å². The Bertz CT molecular complexity index is 200. The van der Waals surface area contributed by atoms with Gasteiger partial charge in [-0.05, 0) is 19.8 Å². The van der Waals surface area contributed by atoms with E-state index in [2.05, 4.69) is 6.92 Å². The summed E-state index contributed by atoms with van der Waals surface area (Å²) >= 11 is 0. The minimum atomic E-state index is -0.103. The number of ether oxygens (including phenoxy) is 1. The van der Waals surface area contributed by atoms with Crippen LogP contribution in [0.3, 0.4) is 0 Å². The molecule has 2 nitrogen and oxygen atoms in total. The Morgan fingerprint density at radius 1 is 1.64 bits per heavy atom. The number of Topliss-reactive ketones (excluding diaryl/α,β-unsaturated/α-hetero) is 1. The van der Waals surface area contributed by atoms with E-state index in [1.165, 1.54) is 0 Å². The monoisotopic (exact) mass is 154 g/mol. The summed E-state index contributed by atoms with van der Waals surface area (Å²) in [6.07, 6.45) is 2.99. The van der Waals surface area contributed by atoms with Gasteiger partial charge in [-0.1, -0.05) is 6.92 Å². The molecule has 0 aromatic carbocycles. The van der Waals surface area contributed by atoms with Crippen molar-refractivity contribution in [3.05, 3.63) is 0 Å². The van der Waals surface area contributed by atoms with Crippen molar-refractivity contribution in [1.82, 2.24) is 0 Å². The van der Waals surface area contributed by atoms with E-state index >= 15 is 0 Å². The second-order valence-corrected chi connectivity index (χ2v) is 4.08. The first-order chi connectivity index (χ1) is 5.11. The van der Waals surface area contributed by atoms with Crippen molar-refractivity contribution < 1.29 is 9.53 Å². The van der Waals surface area contributed by atoms with Crippen molar-refractivity contribution in [3.8, 4) is 0 Å². The fourth-order valence-electron chi connectivity index (χ4n) is 2.15. The first-order valence-electron chi connectivity index (χ1n) is 4.31. The van der Waals surface area contributed by atoms with Gasteiger partial charge in [0.15, 0.2) is 0 Å². The van der Waals surface area contributed by atoms with Crippen LogP contribution in [0.15, 0.2) is 0 Å². The van der Waals surface area contributed by atoms with Crippen molar-refractivity contribution in [2.45, 2.75) is 44.8 Å². The summed E-state index contributed by atoms with van der Waals surface area (Å²) in [7, 11) is 0. The Kier molecular flexibility index (Phi) is 1.37. The van der Waals surface area contributed by atoms with Crippen LogP contribution in [0.25, 0.3) is 0 Å². The average molecular weight is 154 g/mol. The standard InChI is InChI=1S/C9H14O2/c1-6-7(10)5-9(2)4-3-8(6)11-9/h6,8H,3-5H2,1-2H3. The van der Waals surface area contributed by atoms with E-state index in [1.54, 1.807) is 0 Å². The van der Waals surface area contributed by atoms with E-state index in [0.29, 0.717) is 12.2 Å². The van der Waals surface area contributed by atoms with E-state index in [-0.39, 0.29) is 17.6 Å². The summed E-state index contributed by atoms with van der Waals surface area (Å²) in [5.74, 6) is 0.534. The highest BCUT2D eigenvalue weighted by Crippen LogP contribution is 2.41. The van der Waals surface area contributed by atoms with Crippen LogP contribution in [0.2, 0.25) is 0 Å². The highest BCUT2D eigenvalue weighted by molar-refractivity contribution is 5.83. The molecule has 2 fully saturated rings. The predicted molar refractivity (Wildman–Crippen MR) is 41.3 cm³/mol. The maximum absolute atomic E-state index is 11.4. The van der Waals surface area contributed by atoms with Gasteiger partial charge in [-0.15, -0.1) is 0 Å². The van der Waals surface area contributed by atoms with Crippen molar-refractivity contribution in [3.63, 3.8) is 0 Å². The van der Waals surface area contributed by atoms with Crippen LogP contribution in [0, 0.1) is 5.92 Å². The molecule has 0 aromatic rings. The van der Waals surface area contributed by atoms with Crippen LogP contribution in [0.1, 0.15) is 33.1 Å². The minimum Gasteiger partial charge on any atom is -0.371 e. The molecule has 2 saturated heterocycles. The normalized spacial score (nSPS) is 49.8. The predicted octanol–water partition coefficient (Wildman–Crippen LogP) is 1.53. The third-order valence-corrected chi connectivity index (χ3v) is 3.01. The molecule has 3 atom stereocenters. The molecule has 0 aliphatic carbocycles. The van der Waals surface area contributed by atoms with Crippen molar-refractivity contribution in [1.29, 1.82) is 0 Å². The molecule has 2 heteroatoms. The van der Waals surface area contributed by atoms with Crippen LogP contribution in [-0.2, 0) is 9.53 Å². The van der Waals surface area contributed by atoms with Crippen LogP contribution in [0.4, 0.5) is 0 Å². The lowest BCUT2D eigenvalue weighted by Gasteiger charge is -2.32. The zero-order valence-corrected chi connectivity index (χ0v) is 7.09. The number of fused-ring (bicyclic) bond motifs is 2. The summed E-state index contributed by atoms with van der Waals surface area (Å²) in [5, 5.41) is 0. The molecule has 2 aliphatic rings. The molecular weight excluding hydrogens is 140 g/mol. The van der Waals surface area contributed by atoms with Gasteiger partial charge in [0.1, 0.15) is 5.78 Å². The number of carbonyl (C=O) groups excluding carboxylic acids is 1. The topological polar surface area (TPSA) is 26.3 Å². The first kappa shape index (κ1) is 7.29. The number of ketones is 1. The van der Waals surface area contributed by atoms with Gasteiger partial charge < -0.3 is 4.74 Å². The Balaban J connectivity index is 2.23. The lowest BCUT2D eigenvalue weighted by molar-refractivity contribution is -0.147. The van der Waals surface area contributed by atoms with E-state index in [1.807, 2.05) is 6.92 Å². The maximum Gasteiger partial charge on any atom is 0.141 e. The van der Waals surface area contributed by atoms with Gasteiger partial charge in [-0.25, -0.2) is 0 Å². The molecule has 3 unspecified atom stereocenters. The van der Waals surface area contributed by atoms with Crippen molar-refractivity contribution in [2.75, 3.05) is 0 Å². The molecule has 2 heterocycles. The molecule has 2 bridgehead atoms. The molecule has 0 radical (unpaired) electrons. The average Bonchev–Trinajstić information content (AvgIpc) is 2.25. The fraction of sp³-hybridized carbons (Fsp3) is 0.889. The number of hydrogen-bond acceptors (Lipinski definition) is 2.